The average Bonchev–Trinajstić information content (AvgIpc) is 3.49. The summed E-state index contributed by atoms with van der Waals surface area (Å²) in [6, 6.07) is 13.5. The van der Waals surface area contributed by atoms with E-state index in [1.807, 2.05) is 24.1 Å². The minimum atomic E-state index is -0.588. The zero-order valence-corrected chi connectivity index (χ0v) is 22.8. The molecule has 9 nitrogen and oxygen atoms in total. The molecule has 0 bridgehead atoms. The largest absolute Gasteiger partial charge is 0.340 e. The van der Waals surface area contributed by atoms with Gasteiger partial charge in [-0.3, -0.25) is 9.59 Å². The minimum Gasteiger partial charge on any atom is -0.340 e. The van der Waals surface area contributed by atoms with Gasteiger partial charge in [0.25, 0.3) is 5.91 Å². The number of hydrogen-bond acceptors (Lipinski definition) is 6. The number of likely N-dealkylation sites (N-methyl/N-ethyl adjacent to an activating group) is 1. The number of rotatable bonds is 10. The summed E-state index contributed by atoms with van der Waals surface area (Å²) < 4.78 is 14.8. The average molecular weight is 556 g/mol. The number of nitrogens with one attached hydrogen (secondary N) is 2. The maximum Gasteiger partial charge on any atom is 0.251 e. The molecule has 1 aromatic heterocycles. The summed E-state index contributed by atoms with van der Waals surface area (Å²) in [6.45, 7) is 3.72. The van der Waals surface area contributed by atoms with Crippen LogP contribution in [0.3, 0.4) is 0 Å². The molecule has 2 aliphatic rings. The number of benzene rings is 2. The van der Waals surface area contributed by atoms with Gasteiger partial charge in [0.1, 0.15) is 11.9 Å². The maximum absolute atomic E-state index is 13.4. The topological polar surface area (TPSA) is 95.4 Å². The van der Waals surface area contributed by atoms with Crippen molar-refractivity contribution in [1.29, 1.82) is 0 Å². The SMILES string of the molecule is CN1CCN(C(=O)[C@H](CCCN[C@@H]2C[C@H]2c2ccc(F)cc2)NC(=O)c2ccc(-n3ccnn3)cc2)CC1.Cl. The number of nitrogens with zero attached hydrogens (tertiary/aromatic N) is 5. The van der Waals surface area contributed by atoms with Crippen LogP contribution in [0.15, 0.2) is 60.9 Å². The van der Waals surface area contributed by atoms with E-state index in [2.05, 4.69) is 25.8 Å². The molecular weight excluding hydrogens is 521 g/mol. The molecule has 2 heterocycles. The highest BCUT2D eigenvalue weighted by Crippen LogP contribution is 2.40. The molecule has 39 heavy (non-hydrogen) atoms. The van der Waals surface area contributed by atoms with E-state index in [1.165, 1.54) is 12.1 Å². The van der Waals surface area contributed by atoms with E-state index in [4.69, 9.17) is 0 Å². The van der Waals surface area contributed by atoms with Gasteiger partial charge in [-0.25, -0.2) is 9.07 Å². The van der Waals surface area contributed by atoms with Crippen LogP contribution in [0.2, 0.25) is 0 Å². The van der Waals surface area contributed by atoms with Crippen molar-refractivity contribution in [2.45, 2.75) is 37.3 Å². The summed E-state index contributed by atoms with van der Waals surface area (Å²) in [5.74, 6) is -0.114. The van der Waals surface area contributed by atoms with Crippen molar-refractivity contribution >= 4 is 24.2 Å². The van der Waals surface area contributed by atoms with E-state index in [0.717, 1.165) is 43.7 Å². The summed E-state index contributed by atoms with van der Waals surface area (Å²) in [5.41, 5.74) is 2.44. The zero-order valence-electron chi connectivity index (χ0n) is 22.0. The van der Waals surface area contributed by atoms with Crippen LogP contribution in [0.25, 0.3) is 5.69 Å². The normalized spacial score (nSPS) is 19.7. The van der Waals surface area contributed by atoms with Crippen LogP contribution in [0, 0.1) is 5.82 Å². The first-order valence-electron chi connectivity index (χ1n) is 13.2. The first kappa shape index (κ1) is 28.7. The molecule has 1 saturated heterocycles. The molecule has 1 saturated carbocycles. The summed E-state index contributed by atoms with van der Waals surface area (Å²) in [4.78, 5) is 30.6. The molecule has 0 radical (unpaired) electrons. The van der Waals surface area contributed by atoms with Crippen molar-refractivity contribution in [1.82, 2.24) is 35.4 Å². The molecule has 2 N–H and O–H groups in total. The lowest BCUT2D eigenvalue weighted by atomic mass is 10.1. The lowest BCUT2D eigenvalue weighted by molar-refractivity contribution is -0.135. The third-order valence-electron chi connectivity index (χ3n) is 7.40. The maximum atomic E-state index is 13.4. The Morgan fingerprint density at radius 2 is 1.77 bits per heavy atom. The van der Waals surface area contributed by atoms with Gasteiger partial charge < -0.3 is 20.4 Å². The molecule has 1 aliphatic carbocycles. The van der Waals surface area contributed by atoms with Crippen LogP contribution >= 0.6 is 12.4 Å². The molecule has 0 unspecified atom stereocenters. The highest BCUT2D eigenvalue weighted by atomic mass is 35.5. The lowest BCUT2D eigenvalue weighted by Gasteiger charge is -2.34. The third kappa shape index (κ3) is 7.40. The van der Waals surface area contributed by atoms with Gasteiger partial charge in [-0.1, -0.05) is 17.3 Å². The van der Waals surface area contributed by atoms with Gasteiger partial charge in [0.15, 0.2) is 0 Å². The Balaban J connectivity index is 0.00000353. The number of carbonyl (C=O) groups excluding carboxylic acids is 2. The molecule has 3 atom stereocenters. The van der Waals surface area contributed by atoms with E-state index < -0.39 is 6.04 Å². The van der Waals surface area contributed by atoms with Gasteiger partial charge in [-0.05, 0) is 74.8 Å². The summed E-state index contributed by atoms with van der Waals surface area (Å²) >= 11 is 0. The van der Waals surface area contributed by atoms with Crippen molar-refractivity contribution in [3.63, 3.8) is 0 Å². The molecule has 208 valence electrons. The van der Waals surface area contributed by atoms with Gasteiger partial charge in [-0.15, -0.1) is 17.5 Å². The fraction of sp³-hybridized carbons (Fsp3) is 0.429. The Hall–Kier alpha value is -3.34. The molecule has 11 heteroatoms. The van der Waals surface area contributed by atoms with Gasteiger partial charge in [0, 0.05) is 43.7 Å². The second-order valence-corrected chi connectivity index (χ2v) is 10.1. The highest BCUT2D eigenvalue weighted by molar-refractivity contribution is 5.97. The van der Waals surface area contributed by atoms with Gasteiger partial charge >= 0.3 is 0 Å². The smallest absolute Gasteiger partial charge is 0.251 e. The molecule has 5 rings (SSSR count). The number of aromatic nitrogens is 3. The molecular formula is C28H35ClFN7O2. The number of amides is 2. The lowest BCUT2D eigenvalue weighted by Crippen LogP contribution is -2.54. The molecule has 1 aliphatic heterocycles. The summed E-state index contributed by atoms with van der Waals surface area (Å²) in [6.07, 6.45) is 5.65. The Bertz CT molecular complexity index is 1220. The third-order valence-corrected chi connectivity index (χ3v) is 7.40. The van der Waals surface area contributed by atoms with Gasteiger partial charge in [0.2, 0.25) is 5.91 Å². The second kappa shape index (κ2) is 13.1. The highest BCUT2D eigenvalue weighted by Gasteiger charge is 2.37. The Morgan fingerprint density at radius 1 is 1.05 bits per heavy atom. The molecule has 2 aromatic carbocycles. The van der Waals surface area contributed by atoms with Gasteiger partial charge in [0.05, 0.1) is 18.1 Å². The quantitative estimate of drug-likeness (QED) is 0.374. The van der Waals surface area contributed by atoms with Crippen molar-refractivity contribution < 1.29 is 14.0 Å². The Kier molecular flexibility index (Phi) is 9.66. The standard InChI is InChI=1S/C28H34FN7O2.ClH/c1-34-15-17-35(18-16-34)28(38)25(3-2-12-30-26-19-24(26)20-4-8-22(29)9-5-20)32-27(37)21-6-10-23(11-7-21)36-14-13-31-33-36;/h4-11,13-14,24-26,30H,2-3,12,15-19H2,1H3,(H,32,37);1H/t24-,25-,26+;/m0./s1. The first-order chi connectivity index (χ1) is 18.5. The molecule has 2 fully saturated rings. The van der Waals surface area contributed by atoms with Crippen LogP contribution in [0.4, 0.5) is 4.39 Å². The van der Waals surface area contributed by atoms with Crippen molar-refractivity contribution in [2.24, 2.45) is 0 Å². The van der Waals surface area contributed by atoms with Crippen LogP contribution in [0.5, 0.6) is 0 Å². The van der Waals surface area contributed by atoms with Crippen LogP contribution in [-0.2, 0) is 4.79 Å². The molecule has 0 spiro atoms. The summed E-state index contributed by atoms with van der Waals surface area (Å²) in [7, 11) is 2.05. The van der Waals surface area contributed by atoms with E-state index in [0.29, 0.717) is 37.0 Å². The van der Waals surface area contributed by atoms with Crippen LogP contribution in [0.1, 0.15) is 41.1 Å². The fourth-order valence-corrected chi connectivity index (χ4v) is 4.95. The van der Waals surface area contributed by atoms with Crippen molar-refractivity contribution in [3.8, 4) is 5.69 Å². The zero-order chi connectivity index (χ0) is 26.5. The van der Waals surface area contributed by atoms with E-state index in [-0.39, 0.29) is 30.0 Å². The predicted molar refractivity (Wildman–Crippen MR) is 149 cm³/mol. The van der Waals surface area contributed by atoms with Crippen LogP contribution < -0.4 is 10.6 Å². The Morgan fingerprint density at radius 3 is 2.44 bits per heavy atom. The van der Waals surface area contributed by atoms with E-state index in [9.17, 15) is 14.0 Å². The molecule has 3 aromatic rings. The second-order valence-electron chi connectivity index (χ2n) is 10.1. The van der Waals surface area contributed by atoms with Crippen molar-refractivity contribution in [2.75, 3.05) is 39.8 Å². The molecule has 2 amide bonds. The minimum absolute atomic E-state index is 0. The number of hydrogen-bond donors (Lipinski definition) is 2. The van der Waals surface area contributed by atoms with Gasteiger partial charge in [-0.2, -0.15) is 0 Å². The fourth-order valence-electron chi connectivity index (χ4n) is 4.95. The Labute approximate surface area is 234 Å². The predicted octanol–water partition coefficient (Wildman–Crippen LogP) is 2.63. The van der Waals surface area contributed by atoms with E-state index >= 15 is 0 Å². The summed E-state index contributed by atoms with van der Waals surface area (Å²) in [5, 5.41) is 14.3. The van der Waals surface area contributed by atoms with E-state index in [1.54, 1.807) is 41.3 Å². The van der Waals surface area contributed by atoms with Crippen molar-refractivity contribution in [3.05, 3.63) is 77.9 Å². The monoisotopic (exact) mass is 555 g/mol. The number of halogens is 2. The first-order valence-corrected chi connectivity index (χ1v) is 13.2. The van der Waals surface area contributed by atoms with Crippen LogP contribution in [-0.4, -0.2) is 88.5 Å². The number of piperazine rings is 1. The number of carbonyl (C=O) groups is 2.